The SMILES string of the molecule is CCC(CC)C(C)N1CCCNC(CC)(CC)C1. The third kappa shape index (κ3) is 3.71. The van der Waals surface area contributed by atoms with Crippen molar-refractivity contribution in [1.29, 1.82) is 0 Å². The summed E-state index contributed by atoms with van der Waals surface area (Å²) in [5, 5.41) is 3.81. The van der Waals surface area contributed by atoms with Crippen molar-refractivity contribution < 1.29 is 0 Å². The van der Waals surface area contributed by atoms with E-state index in [4.69, 9.17) is 0 Å². The molecule has 2 nitrogen and oxygen atoms in total. The third-order valence-corrected chi connectivity index (χ3v) is 5.29. The van der Waals surface area contributed by atoms with E-state index in [1.165, 1.54) is 51.7 Å². The molecule has 0 spiro atoms. The quantitative estimate of drug-likeness (QED) is 0.778. The van der Waals surface area contributed by atoms with Crippen LogP contribution in [0.2, 0.25) is 0 Å². The van der Waals surface area contributed by atoms with Crippen LogP contribution in [0.15, 0.2) is 0 Å². The summed E-state index contributed by atoms with van der Waals surface area (Å²) in [6, 6.07) is 0.734. The third-order valence-electron chi connectivity index (χ3n) is 5.29. The Bertz CT molecular complexity index is 219. The Hall–Kier alpha value is -0.0800. The van der Waals surface area contributed by atoms with Crippen LogP contribution in [0.5, 0.6) is 0 Å². The Morgan fingerprint density at radius 2 is 1.72 bits per heavy atom. The van der Waals surface area contributed by atoms with Crippen LogP contribution in [-0.2, 0) is 0 Å². The molecule has 1 aliphatic heterocycles. The Balaban J connectivity index is 2.74. The highest BCUT2D eigenvalue weighted by molar-refractivity contribution is 4.93. The predicted octanol–water partition coefficient (Wildman–Crippen LogP) is 3.67. The minimum absolute atomic E-state index is 0.358. The van der Waals surface area contributed by atoms with Crippen molar-refractivity contribution in [1.82, 2.24) is 10.2 Å². The monoisotopic (exact) mass is 254 g/mol. The summed E-state index contributed by atoms with van der Waals surface area (Å²) in [4.78, 5) is 2.75. The second-order valence-corrected chi connectivity index (χ2v) is 6.06. The van der Waals surface area contributed by atoms with Gasteiger partial charge in [-0.2, -0.15) is 0 Å². The van der Waals surface area contributed by atoms with Crippen molar-refractivity contribution in [2.24, 2.45) is 5.92 Å². The molecule has 1 N–H and O–H groups in total. The standard InChI is InChI=1S/C16H34N2/c1-6-15(7-2)14(5)18-12-10-11-17-16(8-3,9-4)13-18/h14-15,17H,6-13H2,1-5H3. The lowest BCUT2D eigenvalue weighted by Crippen LogP contribution is -2.53. The summed E-state index contributed by atoms with van der Waals surface area (Å²) in [5.74, 6) is 0.856. The molecule has 0 aromatic heterocycles. The molecule has 1 heterocycles. The zero-order valence-corrected chi connectivity index (χ0v) is 13.3. The van der Waals surface area contributed by atoms with Gasteiger partial charge in [0, 0.05) is 18.1 Å². The van der Waals surface area contributed by atoms with Gasteiger partial charge in [-0.05, 0) is 45.2 Å². The van der Waals surface area contributed by atoms with Gasteiger partial charge in [0.05, 0.1) is 0 Å². The van der Waals surface area contributed by atoms with Crippen LogP contribution in [0.4, 0.5) is 0 Å². The van der Waals surface area contributed by atoms with Crippen LogP contribution in [0.25, 0.3) is 0 Å². The summed E-state index contributed by atoms with van der Waals surface area (Å²) in [5.41, 5.74) is 0.358. The van der Waals surface area contributed by atoms with Gasteiger partial charge in [-0.1, -0.05) is 40.5 Å². The Morgan fingerprint density at radius 3 is 2.22 bits per heavy atom. The van der Waals surface area contributed by atoms with E-state index >= 15 is 0 Å². The van der Waals surface area contributed by atoms with Crippen molar-refractivity contribution in [3.8, 4) is 0 Å². The zero-order valence-electron chi connectivity index (χ0n) is 13.3. The van der Waals surface area contributed by atoms with E-state index in [0.29, 0.717) is 5.54 Å². The van der Waals surface area contributed by atoms with Gasteiger partial charge in [-0.15, -0.1) is 0 Å². The molecule has 0 bridgehead atoms. The highest BCUT2D eigenvalue weighted by Gasteiger charge is 2.33. The number of hydrogen-bond donors (Lipinski definition) is 1. The molecule has 0 aromatic carbocycles. The summed E-state index contributed by atoms with van der Waals surface area (Å²) in [6.45, 7) is 15.5. The summed E-state index contributed by atoms with van der Waals surface area (Å²) >= 11 is 0. The Labute approximate surface area is 115 Å². The second kappa shape index (κ2) is 7.49. The average Bonchev–Trinajstić information content (AvgIpc) is 2.63. The molecule has 18 heavy (non-hydrogen) atoms. The number of nitrogens with one attached hydrogen (secondary N) is 1. The summed E-state index contributed by atoms with van der Waals surface area (Å²) in [6.07, 6.45) is 6.41. The van der Waals surface area contributed by atoms with Crippen LogP contribution >= 0.6 is 0 Å². The maximum Gasteiger partial charge on any atom is 0.0303 e. The molecule has 108 valence electrons. The first-order valence-electron chi connectivity index (χ1n) is 8.11. The molecule has 0 aromatic rings. The van der Waals surface area contributed by atoms with E-state index < -0.39 is 0 Å². The van der Waals surface area contributed by atoms with Gasteiger partial charge >= 0.3 is 0 Å². The number of hydrogen-bond acceptors (Lipinski definition) is 2. The van der Waals surface area contributed by atoms with Gasteiger partial charge in [-0.25, -0.2) is 0 Å². The molecular formula is C16H34N2. The summed E-state index contributed by atoms with van der Waals surface area (Å²) in [7, 11) is 0. The van der Waals surface area contributed by atoms with E-state index in [1.807, 2.05) is 0 Å². The highest BCUT2D eigenvalue weighted by Crippen LogP contribution is 2.25. The number of nitrogens with zero attached hydrogens (tertiary/aromatic N) is 1. The highest BCUT2D eigenvalue weighted by atomic mass is 15.2. The first-order chi connectivity index (χ1) is 8.62. The Kier molecular flexibility index (Phi) is 6.65. The Morgan fingerprint density at radius 1 is 1.11 bits per heavy atom. The fourth-order valence-electron chi connectivity index (χ4n) is 3.50. The lowest BCUT2D eigenvalue weighted by molar-refractivity contribution is 0.115. The molecule has 1 saturated heterocycles. The average molecular weight is 254 g/mol. The normalized spacial score (nSPS) is 23.0. The molecule has 1 unspecified atom stereocenters. The molecular weight excluding hydrogens is 220 g/mol. The minimum Gasteiger partial charge on any atom is -0.310 e. The van der Waals surface area contributed by atoms with Gasteiger partial charge in [0.1, 0.15) is 0 Å². The fourth-order valence-corrected chi connectivity index (χ4v) is 3.50. The van der Waals surface area contributed by atoms with E-state index in [1.54, 1.807) is 0 Å². The van der Waals surface area contributed by atoms with Crippen LogP contribution in [0.3, 0.4) is 0 Å². The van der Waals surface area contributed by atoms with Crippen molar-refractivity contribution in [2.45, 2.75) is 78.3 Å². The molecule has 1 aliphatic rings. The second-order valence-electron chi connectivity index (χ2n) is 6.06. The molecule has 2 heteroatoms. The van der Waals surface area contributed by atoms with Crippen LogP contribution in [0.1, 0.15) is 66.7 Å². The summed E-state index contributed by atoms with van der Waals surface area (Å²) < 4.78 is 0. The molecule has 0 saturated carbocycles. The molecule has 1 fully saturated rings. The maximum absolute atomic E-state index is 3.81. The molecule has 1 rings (SSSR count). The van der Waals surface area contributed by atoms with Crippen molar-refractivity contribution in [2.75, 3.05) is 19.6 Å². The van der Waals surface area contributed by atoms with Gasteiger partial charge in [0.25, 0.3) is 0 Å². The topological polar surface area (TPSA) is 15.3 Å². The van der Waals surface area contributed by atoms with Crippen molar-refractivity contribution >= 4 is 0 Å². The number of rotatable bonds is 6. The lowest BCUT2D eigenvalue weighted by Gasteiger charge is -2.40. The first-order valence-corrected chi connectivity index (χ1v) is 8.11. The van der Waals surface area contributed by atoms with E-state index in [0.717, 1.165) is 12.0 Å². The van der Waals surface area contributed by atoms with Crippen LogP contribution in [0, 0.1) is 5.92 Å². The van der Waals surface area contributed by atoms with Gasteiger partial charge in [-0.3, -0.25) is 4.90 Å². The van der Waals surface area contributed by atoms with Gasteiger partial charge in [0.15, 0.2) is 0 Å². The van der Waals surface area contributed by atoms with Crippen molar-refractivity contribution in [3.05, 3.63) is 0 Å². The molecule has 0 aliphatic carbocycles. The molecule has 0 radical (unpaired) electrons. The molecule has 1 atom stereocenters. The van der Waals surface area contributed by atoms with E-state index in [2.05, 4.69) is 44.8 Å². The zero-order chi connectivity index (χ0) is 13.6. The van der Waals surface area contributed by atoms with Crippen LogP contribution < -0.4 is 5.32 Å². The smallest absolute Gasteiger partial charge is 0.0303 e. The van der Waals surface area contributed by atoms with Gasteiger partial charge < -0.3 is 5.32 Å². The fraction of sp³-hybridized carbons (Fsp3) is 1.00. The maximum atomic E-state index is 3.81. The van der Waals surface area contributed by atoms with Crippen LogP contribution in [-0.4, -0.2) is 36.1 Å². The molecule has 0 amide bonds. The lowest BCUT2D eigenvalue weighted by atomic mass is 9.89. The van der Waals surface area contributed by atoms with Crippen molar-refractivity contribution in [3.63, 3.8) is 0 Å². The van der Waals surface area contributed by atoms with Gasteiger partial charge in [0.2, 0.25) is 0 Å². The predicted molar refractivity (Wildman–Crippen MR) is 81.0 cm³/mol. The minimum atomic E-state index is 0.358. The largest absolute Gasteiger partial charge is 0.310 e. The van der Waals surface area contributed by atoms with E-state index in [-0.39, 0.29) is 0 Å². The first kappa shape index (κ1) is 16.0. The van der Waals surface area contributed by atoms with E-state index in [9.17, 15) is 0 Å².